The number of pyridine rings is 1. The van der Waals surface area contributed by atoms with E-state index in [-0.39, 0.29) is 5.75 Å². The van der Waals surface area contributed by atoms with E-state index in [1.807, 2.05) is 37.3 Å². The maximum atomic E-state index is 12.1. The van der Waals surface area contributed by atoms with Crippen molar-refractivity contribution in [3.63, 3.8) is 0 Å². The lowest BCUT2D eigenvalue weighted by molar-refractivity contribution is -0.117. The highest BCUT2D eigenvalue weighted by atomic mass is 32.2. The van der Waals surface area contributed by atoms with E-state index in [0.717, 1.165) is 36.1 Å². The summed E-state index contributed by atoms with van der Waals surface area (Å²) in [5, 5.41) is 15.0. The van der Waals surface area contributed by atoms with Crippen LogP contribution in [0.15, 0.2) is 35.4 Å². The molecule has 0 saturated carbocycles. The molecule has 0 saturated heterocycles. The van der Waals surface area contributed by atoms with Crippen molar-refractivity contribution in [1.82, 2.24) is 15.6 Å². The Hall–Kier alpha value is -2.85. The molecule has 3 amide bonds. The molecular weight excluding hydrogens is 360 g/mol. The summed E-state index contributed by atoms with van der Waals surface area (Å²) >= 11 is 1.19. The SMILES string of the molecule is Cc1c(C#N)c(SCC(=O)NC(=O)NCc2ccccc2)nc2c1CCC2. The van der Waals surface area contributed by atoms with E-state index in [1.54, 1.807) is 0 Å². The summed E-state index contributed by atoms with van der Waals surface area (Å²) in [7, 11) is 0. The zero-order valence-electron chi connectivity index (χ0n) is 15.0. The van der Waals surface area contributed by atoms with Gasteiger partial charge < -0.3 is 5.32 Å². The molecule has 0 fully saturated rings. The average Bonchev–Trinajstić information content (AvgIpc) is 3.14. The number of amides is 3. The number of nitrogens with zero attached hydrogens (tertiary/aromatic N) is 2. The van der Waals surface area contributed by atoms with E-state index in [0.29, 0.717) is 17.1 Å². The number of thioether (sulfide) groups is 1. The molecule has 2 aromatic rings. The second-order valence-corrected chi connectivity index (χ2v) is 7.28. The van der Waals surface area contributed by atoms with Crippen LogP contribution < -0.4 is 10.6 Å². The van der Waals surface area contributed by atoms with E-state index in [4.69, 9.17) is 0 Å². The number of fused-ring (bicyclic) bond motifs is 1. The molecule has 1 aliphatic rings. The van der Waals surface area contributed by atoms with Gasteiger partial charge in [-0.1, -0.05) is 42.1 Å². The molecule has 138 valence electrons. The number of carbonyl (C=O) groups is 2. The number of nitriles is 1. The topological polar surface area (TPSA) is 94.9 Å². The summed E-state index contributed by atoms with van der Waals surface area (Å²) < 4.78 is 0. The first-order valence-corrected chi connectivity index (χ1v) is 9.74. The van der Waals surface area contributed by atoms with Crippen LogP contribution in [0.4, 0.5) is 4.79 Å². The van der Waals surface area contributed by atoms with Gasteiger partial charge >= 0.3 is 6.03 Å². The predicted octanol–water partition coefficient (Wildman–Crippen LogP) is 2.87. The van der Waals surface area contributed by atoms with Gasteiger partial charge in [-0.05, 0) is 42.9 Å². The van der Waals surface area contributed by atoms with Gasteiger partial charge in [0.15, 0.2) is 0 Å². The Morgan fingerprint density at radius 2 is 2.04 bits per heavy atom. The summed E-state index contributed by atoms with van der Waals surface area (Å²) in [4.78, 5) is 28.5. The van der Waals surface area contributed by atoms with Crippen LogP contribution in [0.25, 0.3) is 0 Å². The fourth-order valence-electron chi connectivity index (χ4n) is 3.10. The number of aryl methyl sites for hydroxylation is 1. The van der Waals surface area contributed by atoms with Crippen LogP contribution >= 0.6 is 11.8 Å². The van der Waals surface area contributed by atoms with Crippen molar-refractivity contribution in [2.75, 3.05) is 5.75 Å². The van der Waals surface area contributed by atoms with Crippen molar-refractivity contribution in [2.24, 2.45) is 0 Å². The standard InChI is InChI=1S/C20H20N4O2S/c1-13-15-8-5-9-17(15)23-19(16(13)10-21)27-12-18(25)24-20(26)22-11-14-6-3-2-4-7-14/h2-4,6-7H,5,8-9,11-12H2,1H3,(H2,22,24,25,26). The van der Waals surface area contributed by atoms with Crippen LogP contribution in [0.5, 0.6) is 0 Å². The number of hydrogen-bond donors (Lipinski definition) is 2. The van der Waals surface area contributed by atoms with Gasteiger partial charge in [-0.25, -0.2) is 9.78 Å². The molecule has 1 aliphatic carbocycles. The number of imide groups is 1. The molecule has 0 bridgehead atoms. The van der Waals surface area contributed by atoms with Gasteiger partial charge in [-0.2, -0.15) is 5.26 Å². The van der Waals surface area contributed by atoms with Gasteiger partial charge in [-0.15, -0.1) is 0 Å². The van der Waals surface area contributed by atoms with Gasteiger partial charge in [0, 0.05) is 12.2 Å². The number of benzene rings is 1. The third-order valence-corrected chi connectivity index (χ3v) is 5.44. The molecule has 3 rings (SSSR count). The Kier molecular flexibility index (Phi) is 6.09. The Morgan fingerprint density at radius 1 is 1.26 bits per heavy atom. The van der Waals surface area contributed by atoms with E-state index < -0.39 is 11.9 Å². The molecule has 2 N–H and O–H groups in total. The molecule has 1 aromatic carbocycles. The number of aromatic nitrogens is 1. The Labute approximate surface area is 162 Å². The van der Waals surface area contributed by atoms with Crippen LogP contribution in [-0.2, 0) is 24.2 Å². The summed E-state index contributed by atoms with van der Waals surface area (Å²) in [5.74, 6) is -0.395. The Balaban J connectivity index is 1.54. The Bertz CT molecular complexity index is 906. The molecule has 1 heterocycles. The molecule has 0 radical (unpaired) electrons. The van der Waals surface area contributed by atoms with Crippen molar-refractivity contribution in [1.29, 1.82) is 5.26 Å². The van der Waals surface area contributed by atoms with Gasteiger partial charge in [0.2, 0.25) is 5.91 Å². The number of nitrogens with one attached hydrogen (secondary N) is 2. The molecule has 0 aliphatic heterocycles. The zero-order chi connectivity index (χ0) is 19.2. The largest absolute Gasteiger partial charge is 0.334 e. The fraction of sp³-hybridized carbons (Fsp3) is 0.300. The Morgan fingerprint density at radius 3 is 2.78 bits per heavy atom. The molecule has 6 nitrogen and oxygen atoms in total. The smallest absolute Gasteiger partial charge is 0.321 e. The molecule has 0 unspecified atom stereocenters. The van der Waals surface area contributed by atoms with Crippen LogP contribution in [-0.4, -0.2) is 22.7 Å². The van der Waals surface area contributed by atoms with E-state index in [1.165, 1.54) is 17.3 Å². The van der Waals surface area contributed by atoms with E-state index in [2.05, 4.69) is 21.7 Å². The third kappa shape index (κ3) is 4.66. The van der Waals surface area contributed by atoms with Crippen molar-refractivity contribution >= 4 is 23.7 Å². The van der Waals surface area contributed by atoms with Crippen LogP contribution in [0.3, 0.4) is 0 Å². The number of hydrogen-bond acceptors (Lipinski definition) is 5. The van der Waals surface area contributed by atoms with Crippen molar-refractivity contribution in [2.45, 2.75) is 37.8 Å². The minimum absolute atomic E-state index is 0.0265. The zero-order valence-corrected chi connectivity index (χ0v) is 15.9. The second-order valence-electron chi connectivity index (χ2n) is 6.31. The molecule has 7 heteroatoms. The van der Waals surface area contributed by atoms with Gasteiger partial charge in [0.25, 0.3) is 0 Å². The minimum atomic E-state index is -0.539. The fourth-order valence-corrected chi connectivity index (χ4v) is 3.96. The minimum Gasteiger partial charge on any atom is -0.334 e. The van der Waals surface area contributed by atoms with Crippen molar-refractivity contribution in [3.05, 3.63) is 58.3 Å². The van der Waals surface area contributed by atoms with Crippen molar-refractivity contribution in [3.8, 4) is 6.07 Å². The number of carbonyl (C=O) groups excluding carboxylic acids is 2. The van der Waals surface area contributed by atoms with Crippen LogP contribution in [0.1, 0.15) is 34.4 Å². The van der Waals surface area contributed by atoms with Gasteiger partial charge in [0.1, 0.15) is 11.1 Å². The number of urea groups is 1. The quantitative estimate of drug-likeness (QED) is 0.778. The maximum absolute atomic E-state index is 12.1. The summed E-state index contributed by atoms with van der Waals surface area (Å²) in [6, 6.07) is 11.1. The lowest BCUT2D eigenvalue weighted by atomic mass is 10.0. The first-order valence-electron chi connectivity index (χ1n) is 8.75. The molecular formula is C20H20N4O2S. The lowest BCUT2D eigenvalue weighted by Crippen LogP contribution is -2.39. The first kappa shape index (κ1) is 18.9. The lowest BCUT2D eigenvalue weighted by Gasteiger charge is -2.11. The van der Waals surface area contributed by atoms with E-state index in [9.17, 15) is 14.9 Å². The highest BCUT2D eigenvalue weighted by molar-refractivity contribution is 8.00. The number of rotatable bonds is 5. The molecule has 27 heavy (non-hydrogen) atoms. The second kappa shape index (κ2) is 8.69. The average molecular weight is 380 g/mol. The third-order valence-electron chi connectivity index (χ3n) is 4.47. The monoisotopic (exact) mass is 380 g/mol. The first-order chi connectivity index (χ1) is 13.1. The maximum Gasteiger partial charge on any atom is 0.321 e. The van der Waals surface area contributed by atoms with Crippen LogP contribution in [0.2, 0.25) is 0 Å². The highest BCUT2D eigenvalue weighted by Crippen LogP contribution is 2.31. The van der Waals surface area contributed by atoms with Gasteiger partial charge in [0.05, 0.1) is 11.3 Å². The molecule has 0 atom stereocenters. The summed E-state index contributed by atoms with van der Waals surface area (Å²) in [5.41, 5.74) is 4.63. The normalized spacial score (nSPS) is 12.1. The summed E-state index contributed by atoms with van der Waals surface area (Å²) in [6.07, 6.45) is 2.91. The summed E-state index contributed by atoms with van der Waals surface area (Å²) in [6.45, 7) is 2.28. The van der Waals surface area contributed by atoms with Crippen LogP contribution in [0, 0.1) is 18.3 Å². The van der Waals surface area contributed by atoms with E-state index >= 15 is 0 Å². The van der Waals surface area contributed by atoms with Gasteiger partial charge in [-0.3, -0.25) is 10.1 Å². The predicted molar refractivity (Wildman–Crippen MR) is 103 cm³/mol. The molecule has 1 aromatic heterocycles. The van der Waals surface area contributed by atoms with Crippen molar-refractivity contribution < 1.29 is 9.59 Å². The highest BCUT2D eigenvalue weighted by Gasteiger charge is 2.21. The molecule has 0 spiro atoms.